The fourth-order valence-electron chi connectivity index (χ4n) is 9.56. The average Bonchev–Trinajstić information content (AvgIpc) is 2.88. The van der Waals surface area contributed by atoms with E-state index in [0.29, 0.717) is 53.3 Å². The van der Waals surface area contributed by atoms with Crippen LogP contribution < -0.4 is 15.6 Å². The quantitative estimate of drug-likeness (QED) is 0.537. The first kappa shape index (κ1) is 27.1. The minimum atomic E-state index is -3.61. The maximum Gasteiger partial charge on any atom is 0.264 e. The molecule has 2 amide bonds. The number of nitrogens with two attached hydrogens (primary N) is 1. The molecule has 3 heterocycles. The Morgan fingerprint density at radius 2 is 1.71 bits per heavy atom. The van der Waals surface area contributed by atoms with E-state index in [4.69, 9.17) is 10.1 Å². The Hall–Kier alpha value is -2.79. The molecule has 6 aliphatic rings. The summed E-state index contributed by atoms with van der Waals surface area (Å²) in [5.74, 6) is 1.64. The lowest BCUT2D eigenvalue weighted by Gasteiger charge is -2.60. The Labute approximate surface area is 240 Å². The van der Waals surface area contributed by atoms with Gasteiger partial charge in [0.2, 0.25) is 15.9 Å². The van der Waals surface area contributed by atoms with Gasteiger partial charge >= 0.3 is 0 Å². The molecule has 11 heteroatoms. The summed E-state index contributed by atoms with van der Waals surface area (Å²) in [6, 6.07) is 4.76. The molecule has 2 N–H and O–H groups in total. The normalized spacial score (nSPS) is 33.7. The second kappa shape index (κ2) is 9.62. The number of sulfonamides is 1. The predicted octanol–water partition coefficient (Wildman–Crippen LogP) is 2.87. The molecule has 2 saturated heterocycles. The van der Waals surface area contributed by atoms with E-state index in [1.54, 1.807) is 17.9 Å². The molecule has 1 aromatic heterocycles. The number of aromatic nitrogens is 2. The molecule has 10 nitrogen and oxygen atoms in total. The molecule has 2 aliphatic heterocycles. The van der Waals surface area contributed by atoms with Crippen LogP contribution in [0.4, 0.5) is 5.69 Å². The van der Waals surface area contributed by atoms with Crippen LogP contribution in [0.1, 0.15) is 76.1 Å². The van der Waals surface area contributed by atoms with E-state index < -0.39 is 21.6 Å². The van der Waals surface area contributed by atoms with Crippen LogP contribution in [0.15, 0.2) is 23.0 Å². The Balaban J connectivity index is 1.26. The van der Waals surface area contributed by atoms with E-state index in [1.165, 1.54) is 23.8 Å². The summed E-state index contributed by atoms with van der Waals surface area (Å²) >= 11 is 0. The molecule has 0 spiro atoms. The minimum absolute atomic E-state index is 0.0949. The number of amides is 2. The number of rotatable bonds is 5. The van der Waals surface area contributed by atoms with Gasteiger partial charge in [0.25, 0.3) is 11.5 Å². The second-order valence-electron chi connectivity index (χ2n) is 13.6. The van der Waals surface area contributed by atoms with Crippen molar-refractivity contribution in [3.8, 4) is 0 Å². The average molecular weight is 582 g/mol. The highest BCUT2D eigenvalue weighted by atomic mass is 32.2. The number of primary sulfonamides is 1. The van der Waals surface area contributed by atoms with E-state index in [2.05, 4.69) is 4.90 Å². The number of nitrogens with zero attached hydrogens (tertiary/aromatic N) is 4. The summed E-state index contributed by atoms with van der Waals surface area (Å²) in [6.45, 7) is 2.92. The van der Waals surface area contributed by atoms with Gasteiger partial charge in [0, 0.05) is 19.5 Å². The van der Waals surface area contributed by atoms with Gasteiger partial charge in [-0.2, -0.15) is 0 Å². The van der Waals surface area contributed by atoms with Crippen LogP contribution in [0, 0.1) is 30.6 Å². The van der Waals surface area contributed by atoms with Crippen LogP contribution in [0.25, 0.3) is 10.9 Å². The summed E-state index contributed by atoms with van der Waals surface area (Å²) in [5, 5.41) is 5.77. The fraction of sp³-hybridized carbons (Fsp3) is 0.667. The van der Waals surface area contributed by atoms with Crippen molar-refractivity contribution in [2.24, 2.45) is 28.8 Å². The molecular weight excluding hydrogens is 542 g/mol. The van der Waals surface area contributed by atoms with Crippen molar-refractivity contribution in [2.45, 2.75) is 82.7 Å². The van der Waals surface area contributed by atoms with Gasteiger partial charge in [0.1, 0.15) is 11.9 Å². The maximum absolute atomic E-state index is 14.3. The molecule has 2 atom stereocenters. The van der Waals surface area contributed by atoms with Crippen molar-refractivity contribution < 1.29 is 18.0 Å². The zero-order valence-corrected chi connectivity index (χ0v) is 24.4. The number of benzene rings is 1. The third-order valence-corrected chi connectivity index (χ3v) is 11.5. The van der Waals surface area contributed by atoms with E-state index in [-0.39, 0.29) is 41.9 Å². The SMILES string of the molecule is Cc1nc2cccc(N3CCC[C@H](CS(N)(=O)=O)C3)c2c(=O)n1[C@H]1CCC(=O)N(C23CC4CC(CC(C4)C2)C3)C1=O. The maximum atomic E-state index is 14.3. The highest BCUT2D eigenvalue weighted by Gasteiger charge is 2.58. The zero-order chi connectivity index (χ0) is 28.7. The lowest BCUT2D eigenvalue weighted by molar-refractivity contribution is -0.171. The molecular formula is C30H39N5O5S. The Kier molecular flexibility index (Phi) is 6.35. The molecule has 4 bridgehead atoms. The van der Waals surface area contributed by atoms with E-state index in [1.807, 2.05) is 12.1 Å². The van der Waals surface area contributed by atoms with E-state index in [0.717, 1.165) is 32.1 Å². The molecule has 6 fully saturated rings. The highest BCUT2D eigenvalue weighted by molar-refractivity contribution is 7.89. The van der Waals surface area contributed by atoms with Gasteiger partial charge in [0.15, 0.2) is 0 Å². The fourth-order valence-corrected chi connectivity index (χ4v) is 10.5. The Bertz CT molecular complexity index is 1560. The largest absolute Gasteiger partial charge is 0.371 e. The Morgan fingerprint density at radius 3 is 2.37 bits per heavy atom. The molecule has 1 aromatic carbocycles. The zero-order valence-electron chi connectivity index (χ0n) is 23.6. The standard InChI is InChI=1S/C30H39N5O5S/c1-18-32-23-5-2-6-24(33-9-3-4-19(16-33)17-41(31,39)40)27(23)29(38)34(18)25-7-8-26(36)35(28(25)37)30-13-20-10-21(14-30)12-22(11-20)15-30/h2,5-6,19-22,25H,3-4,7-17H2,1H3,(H2,31,39,40)/t19-,20?,21?,22?,25-,30?/m0/s1. The molecule has 4 aliphatic carbocycles. The third kappa shape index (κ3) is 4.59. The number of carbonyl (C=O) groups excluding carboxylic acids is 2. The van der Waals surface area contributed by atoms with Gasteiger partial charge in [-0.3, -0.25) is 23.9 Å². The summed E-state index contributed by atoms with van der Waals surface area (Å²) in [5.41, 5.74) is 0.563. The second-order valence-corrected chi connectivity index (χ2v) is 15.2. The number of carbonyl (C=O) groups is 2. The summed E-state index contributed by atoms with van der Waals surface area (Å²) in [4.78, 5) is 50.5. The monoisotopic (exact) mass is 581 g/mol. The number of hydrogen-bond acceptors (Lipinski definition) is 7. The number of hydrogen-bond donors (Lipinski definition) is 1. The predicted molar refractivity (Wildman–Crippen MR) is 155 cm³/mol. The van der Waals surface area contributed by atoms with Gasteiger partial charge in [-0.05, 0) is 101 Å². The van der Waals surface area contributed by atoms with Crippen molar-refractivity contribution in [2.75, 3.05) is 23.7 Å². The van der Waals surface area contributed by atoms with Crippen molar-refractivity contribution in [1.29, 1.82) is 0 Å². The molecule has 4 saturated carbocycles. The number of anilines is 1. The first-order chi connectivity index (χ1) is 19.5. The van der Waals surface area contributed by atoms with Crippen LogP contribution in [-0.4, -0.2) is 59.1 Å². The van der Waals surface area contributed by atoms with Gasteiger partial charge in [-0.15, -0.1) is 0 Å². The number of piperidine rings is 2. The highest BCUT2D eigenvalue weighted by Crippen LogP contribution is 2.58. The first-order valence-corrected chi connectivity index (χ1v) is 16.9. The molecule has 8 rings (SSSR count). The number of likely N-dealkylation sites (tertiary alicyclic amines) is 1. The van der Waals surface area contributed by atoms with Crippen LogP contribution in [0.2, 0.25) is 0 Å². The van der Waals surface area contributed by atoms with Gasteiger partial charge in [-0.1, -0.05) is 6.07 Å². The van der Waals surface area contributed by atoms with E-state index >= 15 is 0 Å². The summed E-state index contributed by atoms with van der Waals surface area (Å²) < 4.78 is 25.1. The van der Waals surface area contributed by atoms with Crippen molar-refractivity contribution >= 4 is 38.4 Å². The summed E-state index contributed by atoms with van der Waals surface area (Å²) in [6.07, 6.45) is 8.39. The van der Waals surface area contributed by atoms with Crippen molar-refractivity contribution in [3.63, 3.8) is 0 Å². The molecule has 0 radical (unpaired) electrons. The van der Waals surface area contributed by atoms with E-state index in [9.17, 15) is 22.8 Å². The molecule has 2 aromatic rings. The first-order valence-electron chi connectivity index (χ1n) is 15.2. The van der Waals surface area contributed by atoms with Gasteiger partial charge in [-0.25, -0.2) is 18.5 Å². The van der Waals surface area contributed by atoms with Crippen LogP contribution in [-0.2, 0) is 19.6 Å². The van der Waals surface area contributed by atoms with Crippen molar-refractivity contribution in [3.05, 3.63) is 34.4 Å². The molecule has 220 valence electrons. The van der Waals surface area contributed by atoms with Gasteiger partial charge in [0.05, 0.1) is 27.9 Å². The number of aryl methyl sites for hydroxylation is 1. The number of fused-ring (bicyclic) bond motifs is 1. The minimum Gasteiger partial charge on any atom is -0.371 e. The topological polar surface area (TPSA) is 136 Å². The Morgan fingerprint density at radius 1 is 1.02 bits per heavy atom. The molecule has 41 heavy (non-hydrogen) atoms. The smallest absolute Gasteiger partial charge is 0.264 e. The van der Waals surface area contributed by atoms with Gasteiger partial charge < -0.3 is 4.90 Å². The molecule has 0 unspecified atom stereocenters. The summed E-state index contributed by atoms with van der Waals surface area (Å²) in [7, 11) is -3.61. The lowest BCUT2D eigenvalue weighted by atomic mass is 9.52. The lowest BCUT2D eigenvalue weighted by Crippen LogP contribution is -2.65. The number of imide groups is 1. The van der Waals surface area contributed by atoms with Crippen LogP contribution in [0.3, 0.4) is 0 Å². The third-order valence-electron chi connectivity index (χ3n) is 10.6. The van der Waals surface area contributed by atoms with Crippen LogP contribution >= 0.6 is 0 Å². The van der Waals surface area contributed by atoms with Crippen molar-refractivity contribution in [1.82, 2.24) is 14.5 Å². The van der Waals surface area contributed by atoms with Crippen LogP contribution in [0.5, 0.6) is 0 Å².